The molecule has 4 nitrogen and oxygen atoms in total. The first-order valence-electron chi connectivity index (χ1n) is 7.25. The molecule has 2 atom stereocenters. The third-order valence-electron chi connectivity index (χ3n) is 3.82. The lowest BCUT2D eigenvalue weighted by Gasteiger charge is -2.27. The number of rotatable bonds is 3. The molecule has 2 rings (SSSR count). The van der Waals surface area contributed by atoms with Crippen molar-refractivity contribution < 1.29 is 18.0 Å². The fourth-order valence-electron chi connectivity index (χ4n) is 2.66. The van der Waals surface area contributed by atoms with Crippen LogP contribution in [0.1, 0.15) is 30.9 Å². The number of anilines is 1. The summed E-state index contributed by atoms with van der Waals surface area (Å²) in [5.74, 6) is -0.428. The first-order valence-corrected chi connectivity index (χ1v) is 7.25. The van der Waals surface area contributed by atoms with E-state index in [1.807, 2.05) is 6.92 Å². The molecule has 0 radical (unpaired) electrons. The van der Waals surface area contributed by atoms with Gasteiger partial charge in [-0.2, -0.15) is 13.2 Å². The molecule has 0 saturated carbocycles. The zero-order valence-electron chi connectivity index (χ0n) is 12.3. The van der Waals surface area contributed by atoms with Crippen LogP contribution in [0.2, 0.25) is 0 Å². The Hall–Kier alpha value is -1.60. The third-order valence-corrected chi connectivity index (χ3v) is 3.82. The van der Waals surface area contributed by atoms with Gasteiger partial charge in [-0.25, -0.2) is 0 Å². The van der Waals surface area contributed by atoms with E-state index in [9.17, 15) is 18.0 Å². The van der Waals surface area contributed by atoms with Gasteiger partial charge in [0, 0.05) is 24.2 Å². The number of halogens is 3. The molecule has 1 heterocycles. The average molecular weight is 315 g/mol. The predicted molar refractivity (Wildman–Crippen MR) is 78.2 cm³/mol. The van der Waals surface area contributed by atoms with E-state index in [-0.39, 0.29) is 30.1 Å². The molecule has 1 aliphatic rings. The van der Waals surface area contributed by atoms with Gasteiger partial charge in [0.1, 0.15) is 0 Å². The Labute approximate surface area is 127 Å². The average Bonchev–Trinajstić information content (AvgIpc) is 2.46. The molecule has 0 bridgehead atoms. The van der Waals surface area contributed by atoms with Crippen LogP contribution >= 0.6 is 0 Å². The standard InChI is InChI=1S/C15H20F3N3O/c1-9-4-11(2-3-20-9)14(22)21-13-6-10(8-19)5-12(7-13)15(16,17)18/h5-7,9,11,20H,2-4,8,19H2,1H3,(H,21,22)/t9-,11-/m0/s1. The number of hydrogen-bond acceptors (Lipinski definition) is 3. The molecule has 22 heavy (non-hydrogen) atoms. The van der Waals surface area contributed by atoms with Gasteiger partial charge in [0.15, 0.2) is 0 Å². The van der Waals surface area contributed by atoms with Gasteiger partial charge in [0.25, 0.3) is 0 Å². The highest BCUT2D eigenvalue weighted by Crippen LogP contribution is 2.32. The second-order valence-electron chi connectivity index (χ2n) is 5.69. The van der Waals surface area contributed by atoms with Crippen LogP contribution in [0.4, 0.5) is 18.9 Å². The summed E-state index contributed by atoms with van der Waals surface area (Å²) in [4.78, 5) is 12.2. The third kappa shape index (κ3) is 4.20. The summed E-state index contributed by atoms with van der Waals surface area (Å²) >= 11 is 0. The van der Waals surface area contributed by atoms with E-state index in [1.165, 1.54) is 6.07 Å². The highest BCUT2D eigenvalue weighted by atomic mass is 19.4. The van der Waals surface area contributed by atoms with E-state index >= 15 is 0 Å². The van der Waals surface area contributed by atoms with Gasteiger partial charge in [0.2, 0.25) is 5.91 Å². The first kappa shape index (κ1) is 16.8. The molecule has 1 aromatic rings. The number of piperidine rings is 1. The summed E-state index contributed by atoms with van der Waals surface area (Å²) in [7, 11) is 0. The van der Waals surface area contributed by atoms with Crippen molar-refractivity contribution in [3.63, 3.8) is 0 Å². The van der Waals surface area contributed by atoms with Crippen LogP contribution in [0.15, 0.2) is 18.2 Å². The number of hydrogen-bond donors (Lipinski definition) is 3. The Bertz CT molecular complexity index is 545. The summed E-state index contributed by atoms with van der Waals surface area (Å²) < 4.78 is 38.6. The highest BCUT2D eigenvalue weighted by Gasteiger charge is 2.31. The summed E-state index contributed by atoms with van der Waals surface area (Å²) in [6.45, 7) is 2.70. The maximum atomic E-state index is 12.9. The quantitative estimate of drug-likeness (QED) is 0.803. The second kappa shape index (κ2) is 6.66. The Kier molecular flexibility index (Phi) is 5.08. The predicted octanol–water partition coefficient (Wildman–Crippen LogP) is 2.49. The van der Waals surface area contributed by atoms with Gasteiger partial charge < -0.3 is 16.4 Å². The molecule has 4 N–H and O–H groups in total. The molecule has 0 unspecified atom stereocenters. The highest BCUT2D eigenvalue weighted by molar-refractivity contribution is 5.92. The molecular weight excluding hydrogens is 295 g/mol. The van der Waals surface area contributed by atoms with Crippen molar-refractivity contribution in [1.29, 1.82) is 0 Å². The molecule has 7 heteroatoms. The summed E-state index contributed by atoms with van der Waals surface area (Å²) in [6, 6.07) is 3.66. The number of alkyl halides is 3. The summed E-state index contributed by atoms with van der Waals surface area (Å²) in [5, 5.41) is 5.83. The van der Waals surface area contributed by atoms with Gasteiger partial charge in [-0.3, -0.25) is 4.79 Å². The fraction of sp³-hybridized carbons (Fsp3) is 0.533. The summed E-state index contributed by atoms with van der Waals surface area (Å²) in [5.41, 5.74) is 5.11. The van der Waals surface area contributed by atoms with Gasteiger partial charge in [-0.15, -0.1) is 0 Å². The SMILES string of the molecule is C[C@H]1C[C@@H](C(=O)Nc2cc(CN)cc(C(F)(F)F)c2)CCN1. The van der Waals surface area contributed by atoms with Gasteiger partial charge in [-0.05, 0) is 50.1 Å². The van der Waals surface area contributed by atoms with Crippen LogP contribution in [0.5, 0.6) is 0 Å². The smallest absolute Gasteiger partial charge is 0.326 e. The number of nitrogens with two attached hydrogens (primary N) is 1. The van der Waals surface area contributed by atoms with E-state index in [4.69, 9.17) is 5.73 Å². The zero-order chi connectivity index (χ0) is 16.3. The maximum Gasteiger partial charge on any atom is 0.416 e. The van der Waals surface area contributed by atoms with Crippen LogP contribution in [-0.2, 0) is 17.5 Å². The molecular formula is C15H20F3N3O. The van der Waals surface area contributed by atoms with Crippen molar-refractivity contribution in [3.05, 3.63) is 29.3 Å². The number of amides is 1. The van der Waals surface area contributed by atoms with Crippen molar-refractivity contribution in [3.8, 4) is 0 Å². The summed E-state index contributed by atoms with van der Waals surface area (Å²) in [6.07, 6.45) is -3.11. The van der Waals surface area contributed by atoms with Crippen molar-refractivity contribution in [2.45, 2.75) is 38.5 Å². The van der Waals surface area contributed by atoms with E-state index in [2.05, 4.69) is 10.6 Å². The Morgan fingerprint density at radius 3 is 2.73 bits per heavy atom. The lowest BCUT2D eigenvalue weighted by Crippen LogP contribution is -2.40. The minimum atomic E-state index is -4.46. The van der Waals surface area contributed by atoms with E-state index in [0.29, 0.717) is 18.4 Å². The molecule has 1 saturated heterocycles. The molecule has 1 amide bonds. The normalized spacial score (nSPS) is 22.4. The number of carbonyl (C=O) groups is 1. The molecule has 122 valence electrons. The first-order chi connectivity index (χ1) is 10.3. The maximum absolute atomic E-state index is 12.9. The second-order valence-corrected chi connectivity index (χ2v) is 5.69. The van der Waals surface area contributed by atoms with E-state index < -0.39 is 11.7 Å². The molecule has 1 fully saturated rings. The number of nitrogens with one attached hydrogen (secondary N) is 2. The lowest BCUT2D eigenvalue weighted by atomic mass is 9.92. The minimum absolute atomic E-state index is 0.0167. The van der Waals surface area contributed by atoms with Crippen molar-refractivity contribution in [1.82, 2.24) is 5.32 Å². The minimum Gasteiger partial charge on any atom is -0.326 e. The molecule has 1 aromatic carbocycles. The van der Waals surface area contributed by atoms with Gasteiger partial charge in [-0.1, -0.05) is 0 Å². The molecule has 0 aliphatic carbocycles. The van der Waals surface area contributed by atoms with Crippen LogP contribution in [-0.4, -0.2) is 18.5 Å². The lowest BCUT2D eigenvalue weighted by molar-refractivity contribution is -0.137. The van der Waals surface area contributed by atoms with Crippen molar-refractivity contribution >= 4 is 11.6 Å². The number of carbonyl (C=O) groups excluding carboxylic acids is 1. The van der Waals surface area contributed by atoms with E-state index in [1.54, 1.807) is 0 Å². The monoisotopic (exact) mass is 315 g/mol. The Morgan fingerprint density at radius 2 is 2.14 bits per heavy atom. The van der Waals surface area contributed by atoms with Crippen molar-refractivity contribution in [2.24, 2.45) is 11.7 Å². The van der Waals surface area contributed by atoms with Gasteiger partial charge in [0.05, 0.1) is 5.56 Å². The number of benzene rings is 1. The van der Waals surface area contributed by atoms with Gasteiger partial charge >= 0.3 is 6.18 Å². The van der Waals surface area contributed by atoms with E-state index in [0.717, 1.165) is 18.7 Å². The molecule has 0 aromatic heterocycles. The zero-order valence-corrected chi connectivity index (χ0v) is 12.3. The topological polar surface area (TPSA) is 67.2 Å². The molecule has 1 aliphatic heterocycles. The largest absolute Gasteiger partial charge is 0.416 e. The van der Waals surface area contributed by atoms with Crippen molar-refractivity contribution in [2.75, 3.05) is 11.9 Å². The Morgan fingerprint density at radius 1 is 1.41 bits per heavy atom. The van der Waals surface area contributed by atoms with Crippen LogP contribution in [0.25, 0.3) is 0 Å². The Balaban J connectivity index is 2.16. The van der Waals surface area contributed by atoms with Crippen LogP contribution < -0.4 is 16.4 Å². The molecule has 0 spiro atoms. The van der Waals surface area contributed by atoms with Crippen LogP contribution in [0.3, 0.4) is 0 Å². The van der Waals surface area contributed by atoms with Crippen LogP contribution in [0, 0.1) is 5.92 Å². The fourth-order valence-corrected chi connectivity index (χ4v) is 2.66.